The van der Waals surface area contributed by atoms with E-state index in [0.29, 0.717) is 37.1 Å². The zero-order valence-corrected chi connectivity index (χ0v) is 13.0. The standard InChI is InChI=1S/C15H19N3O5/c1-17(7-14(19)16-12-2-3-12)6-10-4-13(18(20)21)5-11-8-22-9-23-15(10)11/h4-5,12H,2-3,6-9H2,1H3,(H,16,19)/p+1. The molecule has 8 nitrogen and oxygen atoms in total. The number of nitro groups is 1. The van der Waals surface area contributed by atoms with Gasteiger partial charge in [-0.1, -0.05) is 0 Å². The fraction of sp³-hybridized carbons (Fsp3) is 0.533. The number of amides is 1. The van der Waals surface area contributed by atoms with E-state index in [2.05, 4.69) is 5.32 Å². The van der Waals surface area contributed by atoms with Crippen molar-refractivity contribution in [3.8, 4) is 5.75 Å². The number of nitrogens with one attached hydrogen (secondary N) is 2. The van der Waals surface area contributed by atoms with Gasteiger partial charge in [-0.3, -0.25) is 14.9 Å². The number of carbonyl (C=O) groups is 1. The minimum Gasteiger partial charge on any atom is -0.467 e. The van der Waals surface area contributed by atoms with Gasteiger partial charge in [0, 0.05) is 23.7 Å². The SMILES string of the molecule is C[NH+](CC(=O)NC1CC1)Cc1cc([N+](=O)[O-])cc2c1OCOC2. The van der Waals surface area contributed by atoms with E-state index in [9.17, 15) is 14.9 Å². The van der Waals surface area contributed by atoms with Crippen LogP contribution < -0.4 is 15.0 Å². The summed E-state index contributed by atoms with van der Waals surface area (Å²) in [5, 5.41) is 14.0. The van der Waals surface area contributed by atoms with Gasteiger partial charge in [-0.05, 0) is 12.8 Å². The van der Waals surface area contributed by atoms with Crippen LogP contribution in [0.25, 0.3) is 0 Å². The number of non-ortho nitro benzene ring substituents is 1. The first-order valence-electron chi connectivity index (χ1n) is 7.64. The van der Waals surface area contributed by atoms with Gasteiger partial charge < -0.3 is 19.7 Å². The molecule has 0 bridgehead atoms. The van der Waals surface area contributed by atoms with Crippen molar-refractivity contribution in [1.82, 2.24) is 5.32 Å². The van der Waals surface area contributed by atoms with Gasteiger partial charge in [0.2, 0.25) is 0 Å². The number of likely N-dealkylation sites (N-methyl/N-ethyl adjacent to an activating group) is 1. The molecule has 1 amide bonds. The second kappa shape index (κ2) is 6.51. The molecule has 1 aliphatic heterocycles. The molecular formula is C15H20N3O5+. The van der Waals surface area contributed by atoms with Crippen LogP contribution in [0.5, 0.6) is 5.75 Å². The Balaban J connectivity index is 1.73. The number of fused-ring (bicyclic) bond motifs is 1. The Morgan fingerprint density at radius 1 is 1.48 bits per heavy atom. The highest BCUT2D eigenvalue weighted by Crippen LogP contribution is 2.32. The average Bonchev–Trinajstić information content (AvgIpc) is 3.30. The second-order valence-corrected chi connectivity index (χ2v) is 6.11. The molecule has 23 heavy (non-hydrogen) atoms. The van der Waals surface area contributed by atoms with Gasteiger partial charge in [0.15, 0.2) is 13.3 Å². The Morgan fingerprint density at radius 3 is 2.96 bits per heavy atom. The fourth-order valence-corrected chi connectivity index (χ4v) is 2.69. The van der Waals surface area contributed by atoms with E-state index in [1.54, 1.807) is 0 Å². The van der Waals surface area contributed by atoms with Crippen LogP contribution >= 0.6 is 0 Å². The molecule has 2 aliphatic rings. The van der Waals surface area contributed by atoms with Gasteiger partial charge >= 0.3 is 0 Å². The van der Waals surface area contributed by atoms with Gasteiger partial charge in [-0.2, -0.15) is 0 Å². The van der Waals surface area contributed by atoms with Crippen molar-refractivity contribution >= 4 is 11.6 Å². The third kappa shape index (κ3) is 3.96. The van der Waals surface area contributed by atoms with E-state index < -0.39 is 4.92 Å². The minimum atomic E-state index is -0.423. The van der Waals surface area contributed by atoms with E-state index in [1.807, 2.05) is 7.05 Å². The molecular weight excluding hydrogens is 302 g/mol. The third-order valence-corrected chi connectivity index (χ3v) is 3.88. The molecule has 1 aromatic rings. The highest BCUT2D eigenvalue weighted by molar-refractivity contribution is 5.77. The molecule has 124 valence electrons. The monoisotopic (exact) mass is 322 g/mol. The lowest BCUT2D eigenvalue weighted by Crippen LogP contribution is -3.08. The van der Waals surface area contributed by atoms with Crippen molar-refractivity contribution in [2.45, 2.75) is 32.0 Å². The number of hydrogen-bond donors (Lipinski definition) is 2. The molecule has 0 radical (unpaired) electrons. The predicted molar refractivity (Wildman–Crippen MR) is 80.0 cm³/mol. The van der Waals surface area contributed by atoms with Crippen molar-refractivity contribution in [3.63, 3.8) is 0 Å². The maximum atomic E-state index is 11.9. The molecule has 1 unspecified atom stereocenters. The molecule has 1 aromatic carbocycles. The highest BCUT2D eigenvalue weighted by Gasteiger charge is 2.26. The van der Waals surface area contributed by atoms with Gasteiger partial charge in [0.05, 0.1) is 24.1 Å². The lowest BCUT2D eigenvalue weighted by molar-refractivity contribution is -0.885. The molecule has 3 rings (SSSR count). The molecule has 8 heteroatoms. The summed E-state index contributed by atoms with van der Waals surface area (Å²) in [6.07, 6.45) is 2.11. The molecule has 1 aliphatic carbocycles. The van der Waals surface area contributed by atoms with Crippen molar-refractivity contribution < 1.29 is 24.1 Å². The Kier molecular flexibility index (Phi) is 4.44. The van der Waals surface area contributed by atoms with Crippen molar-refractivity contribution in [1.29, 1.82) is 0 Å². The Morgan fingerprint density at radius 2 is 2.26 bits per heavy atom. The van der Waals surface area contributed by atoms with Gasteiger partial charge in [0.25, 0.3) is 11.6 Å². The van der Waals surface area contributed by atoms with E-state index >= 15 is 0 Å². The number of benzene rings is 1. The van der Waals surface area contributed by atoms with Crippen molar-refractivity contribution in [2.75, 3.05) is 20.4 Å². The first kappa shape index (κ1) is 15.7. The summed E-state index contributed by atoms with van der Waals surface area (Å²) >= 11 is 0. The molecule has 0 spiro atoms. The third-order valence-electron chi connectivity index (χ3n) is 3.88. The van der Waals surface area contributed by atoms with Crippen LogP contribution in [-0.4, -0.2) is 37.3 Å². The summed E-state index contributed by atoms with van der Waals surface area (Å²) in [6, 6.07) is 3.33. The zero-order valence-electron chi connectivity index (χ0n) is 13.0. The number of carbonyl (C=O) groups excluding carboxylic acids is 1. The first-order valence-corrected chi connectivity index (χ1v) is 7.64. The zero-order chi connectivity index (χ0) is 16.4. The normalized spacial score (nSPS) is 17.8. The van der Waals surface area contributed by atoms with Crippen molar-refractivity contribution in [2.24, 2.45) is 0 Å². The van der Waals surface area contributed by atoms with Crippen LogP contribution in [0.3, 0.4) is 0 Å². The number of nitrogens with zero attached hydrogens (tertiary/aromatic N) is 1. The Labute approximate surface area is 133 Å². The minimum absolute atomic E-state index is 0.00792. The Bertz CT molecular complexity index is 630. The van der Waals surface area contributed by atoms with E-state index in [-0.39, 0.29) is 18.4 Å². The molecule has 1 heterocycles. The summed E-state index contributed by atoms with van der Waals surface area (Å²) in [7, 11) is 1.89. The lowest BCUT2D eigenvalue weighted by atomic mass is 10.1. The molecule has 1 atom stereocenters. The van der Waals surface area contributed by atoms with Crippen LogP contribution in [0.4, 0.5) is 5.69 Å². The van der Waals surface area contributed by atoms with Crippen LogP contribution in [0, 0.1) is 10.1 Å². The first-order chi connectivity index (χ1) is 11.0. The maximum absolute atomic E-state index is 11.9. The van der Waals surface area contributed by atoms with Crippen LogP contribution in [0.15, 0.2) is 12.1 Å². The van der Waals surface area contributed by atoms with Crippen LogP contribution in [-0.2, 0) is 22.7 Å². The molecule has 2 N–H and O–H groups in total. The predicted octanol–water partition coefficient (Wildman–Crippen LogP) is -0.245. The largest absolute Gasteiger partial charge is 0.467 e. The van der Waals surface area contributed by atoms with Gasteiger partial charge in [-0.15, -0.1) is 0 Å². The highest BCUT2D eigenvalue weighted by atomic mass is 16.7. The van der Waals surface area contributed by atoms with E-state index in [0.717, 1.165) is 23.3 Å². The summed E-state index contributed by atoms with van der Waals surface area (Å²) < 4.78 is 10.7. The van der Waals surface area contributed by atoms with Crippen molar-refractivity contribution in [3.05, 3.63) is 33.4 Å². The summed E-state index contributed by atoms with van der Waals surface area (Å²) in [5.41, 5.74) is 1.42. The maximum Gasteiger partial charge on any atom is 0.275 e. The molecule has 1 saturated carbocycles. The lowest BCUT2D eigenvalue weighted by Gasteiger charge is -2.22. The average molecular weight is 322 g/mol. The second-order valence-electron chi connectivity index (χ2n) is 6.11. The van der Waals surface area contributed by atoms with Gasteiger partial charge in [-0.25, -0.2) is 0 Å². The van der Waals surface area contributed by atoms with E-state index in [1.165, 1.54) is 12.1 Å². The number of ether oxygens (including phenoxy) is 2. The van der Waals surface area contributed by atoms with Gasteiger partial charge in [0.1, 0.15) is 12.3 Å². The smallest absolute Gasteiger partial charge is 0.275 e. The topological polar surface area (TPSA) is 95.1 Å². The number of nitro benzene ring substituents is 1. The van der Waals surface area contributed by atoms with Crippen LogP contribution in [0.2, 0.25) is 0 Å². The quantitative estimate of drug-likeness (QED) is 0.556. The summed E-state index contributed by atoms with van der Waals surface area (Å²) in [6.45, 7) is 1.23. The van der Waals surface area contributed by atoms with Crippen LogP contribution in [0.1, 0.15) is 24.0 Å². The summed E-state index contributed by atoms with van der Waals surface area (Å²) in [5.74, 6) is 0.650. The molecule has 1 fully saturated rings. The number of rotatable bonds is 6. The fourth-order valence-electron chi connectivity index (χ4n) is 2.69. The molecule has 0 saturated heterocycles. The van der Waals surface area contributed by atoms with E-state index in [4.69, 9.17) is 9.47 Å². The number of hydrogen-bond acceptors (Lipinski definition) is 5. The molecule has 0 aromatic heterocycles. The summed E-state index contributed by atoms with van der Waals surface area (Å²) in [4.78, 5) is 23.5. The Hall–Kier alpha value is -2.19. The number of quaternary nitrogens is 1.